The van der Waals surface area contributed by atoms with Gasteiger partial charge in [-0.25, -0.2) is 0 Å². The normalized spacial score (nSPS) is 14.4. The molecule has 2 atom stereocenters. The quantitative estimate of drug-likeness (QED) is 0.489. The summed E-state index contributed by atoms with van der Waals surface area (Å²) in [6, 6.07) is 13.9. The van der Waals surface area contributed by atoms with Gasteiger partial charge in [0.1, 0.15) is 0 Å². The maximum Gasteiger partial charge on any atom is 0.00764 e. The standard InChI is InChI=1S/C22H32S/c1-15(2)19-9-11-20(12-10-19)17(5)7-8-18(6)22-14-13-21(23-22)16(3)4/h9-18H,7-8H2,1-6H3. The van der Waals surface area contributed by atoms with Crippen LogP contribution in [-0.2, 0) is 0 Å². The van der Waals surface area contributed by atoms with Crippen LogP contribution in [0.3, 0.4) is 0 Å². The monoisotopic (exact) mass is 328 g/mol. The summed E-state index contributed by atoms with van der Waals surface area (Å²) in [5.41, 5.74) is 2.92. The number of hydrogen-bond acceptors (Lipinski definition) is 1. The maximum atomic E-state index is 2.38. The van der Waals surface area contributed by atoms with Crippen molar-refractivity contribution >= 4 is 11.3 Å². The highest BCUT2D eigenvalue weighted by Gasteiger charge is 2.13. The van der Waals surface area contributed by atoms with E-state index in [0.717, 1.165) is 0 Å². The molecule has 1 aromatic heterocycles. The zero-order valence-electron chi connectivity index (χ0n) is 15.6. The molecule has 2 aromatic rings. The van der Waals surface area contributed by atoms with E-state index >= 15 is 0 Å². The zero-order chi connectivity index (χ0) is 17.0. The van der Waals surface area contributed by atoms with Crippen LogP contribution in [0.5, 0.6) is 0 Å². The van der Waals surface area contributed by atoms with Gasteiger partial charge in [-0.05, 0) is 59.8 Å². The van der Waals surface area contributed by atoms with Gasteiger partial charge in [0, 0.05) is 9.75 Å². The van der Waals surface area contributed by atoms with Crippen LogP contribution in [0.4, 0.5) is 0 Å². The van der Waals surface area contributed by atoms with E-state index in [1.54, 1.807) is 4.88 Å². The van der Waals surface area contributed by atoms with Gasteiger partial charge in [-0.3, -0.25) is 0 Å². The Balaban J connectivity index is 1.91. The van der Waals surface area contributed by atoms with Crippen LogP contribution in [0.25, 0.3) is 0 Å². The Morgan fingerprint density at radius 1 is 0.609 bits per heavy atom. The molecule has 0 fully saturated rings. The average molecular weight is 329 g/mol. The molecule has 0 aliphatic heterocycles. The Morgan fingerprint density at radius 2 is 1.13 bits per heavy atom. The molecule has 2 unspecified atom stereocenters. The highest BCUT2D eigenvalue weighted by molar-refractivity contribution is 7.12. The lowest BCUT2D eigenvalue weighted by Gasteiger charge is -2.16. The molecule has 126 valence electrons. The van der Waals surface area contributed by atoms with Gasteiger partial charge in [0.2, 0.25) is 0 Å². The van der Waals surface area contributed by atoms with Crippen molar-refractivity contribution in [2.45, 2.75) is 78.1 Å². The zero-order valence-corrected chi connectivity index (χ0v) is 16.4. The minimum atomic E-state index is 0.619. The largest absolute Gasteiger partial charge is 0.145 e. The topological polar surface area (TPSA) is 0 Å². The van der Waals surface area contributed by atoms with Crippen molar-refractivity contribution in [2.75, 3.05) is 0 Å². The first-order valence-electron chi connectivity index (χ1n) is 9.08. The molecule has 0 N–H and O–H groups in total. The number of rotatable bonds is 7. The molecule has 0 saturated heterocycles. The van der Waals surface area contributed by atoms with Crippen LogP contribution in [0.15, 0.2) is 36.4 Å². The van der Waals surface area contributed by atoms with Crippen LogP contribution in [-0.4, -0.2) is 0 Å². The summed E-state index contributed by atoms with van der Waals surface area (Å²) < 4.78 is 0. The summed E-state index contributed by atoms with van der Waals surface area (Å²) in [5, 5.41) is 0. The Bertz CT molecular complexity index is 589. The number of benzene rings is 1. The van der Waals surface area contributed by atoms with Crippen molar-refractivity contribution in [3.63, 3.8) is 0 Å². The van der Waals surface area contributed by atoms with Crippen molar-refractivity contribution in [3.8, 4) is 0 Å². The van der Waals surface area contributed by atoms with Gasteiger partial charge in [-0.1, -0.05) is 65.8 Å². The molecule has 0 aliphatic rings. The van der Waals surface area contributed by atoms with E-state index in [-0.39, 0.29) is 0 Å². The smallest absolute Gasteiger partial charge is 0.00764 e. The third-order valence-corrected chi connectivity index (χ3v) is 6.52. The molecule has 0 saturated carbocycles. The number of thiophene rings is 1. The average Bonchev–Trinajstić information content (AvgIpc) is 3.02. The fraction of sp³-hybridized carbons (Fsp3) is 0.545. The van der Waals surface area contributed by atoms with Crippen molar-refractivity contribution in [2.24, 2.45) is 0 Å². The molecule has 0 bridgehead atoms. The van der Waals surface area contributed by atoms with Gasteiger partial charge in [-0.2, -0.15) is 0 Å². The summed E-state index contributed by atoms with van der Waals surface area (Å²) in [4.78, 5) is 3.07. The molecule has 1 aromatic carbocycles. The minimum Gasteiger partial charge on any atom is -0.145 e. The van der Waals surface area contributed by atoms with Crippen molar-refractivity contribution in [1.29, 1.82) is 0 Å². The summed E-state index contributed by atoms with van der Waals surface area (Å²) in [6.45, 7) is 13.8. The summed E-state index contributed by atoms with van der Waals surface area (Å²) in [6.07, 6.45) is 2.53. The summed E-state index contributed by atoms with van der Waals surface area (Å²) >= 11 is 2.00. The van der Waals surface area contributed by atoms with Gasteiger partial charge in [0.05, 0.1) is 0 Å². The predicted octanol–water partition coefficient (Wildman–Crippen LogP) is 7.68. The Morgan fingerprint density at radius 3 is 1.65 bits per heavy atom. The molecule has 23 heavy (non-hydrogen) atoms. The van der Waals surface area contributed by atoms with Gasteiger partial charge in [-0.15, -0.1) is 11.3 Å². The molecule has 1 heteroatoms. The maximum absolute atomic E-state index is 2.38. The van der Waals surface area contributed by atoms with Gasteiger partial charge >= 0.3 is 0 Å². The van der Waals surface area contributed by atoms with Crippen LogP contribution in [0.2, 0.25) is 0 Å². The van der Waals surface area contributed by atoms with Gasteiger partial charge in [0.25, 0.3) is 0 Å². The van der Waals surface area contributed by atoms with Crippen LogP contribution in [0.1, 0.15) is 98.9 Å². The SMILES string of the molecule is CC(C)c1ccc(C(C)CCC(C)c2ccc(C(C)C)s2)cc1. The first-order valence-corrected chi connectivity index (χ1v) is 9.89. The van der Waals surface area contributed by atoms with E-state index in [9.17, 15) is 0 Å². The highest BCUT2D eigenvalue weighted by Crippen LogP contribution is 2.33. The van der Waals surface area contributed by atoms with E-state index in [1.807, 2.05) is 11.3 Å². The van der Waals surface area contributed by atoms with Crippen molar-refractivity contribution < 1.29 is 0 Å². The second kappa shape index (κ2) is 8.15. The molecular formula is C22H32S. The third kappa shape index (κ3) is 4.94. The van der Waals surface area contributed by atoms with Crippen LogP contribution >= 0.6 is 11.3 Å². The lowest BCUT2D eigenvalue weighted by molar-refractivity contribution is 0.578. The molecule has 2 rings (SSSR count). The summed E-state index contributed by atoms with van der Waals surface area (Å²) in [7, 11) is 0. The first kappa shape index (κ1) is 18.3. The third-order valence-electron chi connectivity index (χ3n) is 4.91. The molecule has 0 aliphatic carbocycles. The Hall–Kier alpha value is -1.08. The van der Waals surface area contributed by atoms with Gasteiger partial charge < -0.3 is 0 Å². The number of hydrogen-bond donors (Lipinski definition) is 0. The van der Waals surface area contributed by atoms with Gasteiger partial charge in [0.15, 0.2) is 0 Å². The van der Waals surface area contributed by atoms with Crippen molar-refractivity contribution in [3.05, 3.63) is 57.3 Å². The minimum absolute atomic E-state index is 0.619. The lowest BCUT2D eigenvalue weighted by atomic mass is 9.90. The molecule has 0 nitrogen and oxygen atoms in total. The van der Waals surface area contributed by atoms with Crippen molar-refractivity contribution in [1.82, 2.24) is 0 Å². The van der Waals surface area contributed by atoms with E-state index in [0.29, 0.717) is 23.7 Å². The fourth-order valence-electron chi connectivity index (χ4n) is 2.96. The van der Waals surface area contributed by atoms with E-state index in [4.69, 9.17) is 0 Å². The predicted molar refractivity (Wildman–Crippen MR) is 105 cm³/mol. The molecule has 0 spiro atoms. The second-order valence-electron chi connectivity index (χ2n) is 7.60. The van der Waals surface area contributed by atoms with E-state index in [1.165, 1.54) is 28.8 Å². The summed E-state index contributed by atoms with van der Waals surface area (Å²) in [5.74, 6) is 2.58. The molecule has 0 amide bonds. The first-order chi connectivity index (χ1) is 10.9. The lowest BCUT2D eigenvalue weighted by Crippen LogP contribution is -1.98. The highest BCUT2D eigenvalue weighted by atomic mass is 32.1. The van der Waals surface area contributed by atoms with Crippen LogP contribution < -0.4 is 0 Å². The molecule has 1 heterocycles. The Kier molecular flexibility index (Phi) is 6.47. The van der Waals surface area contributed by atoms with E-state index in [2.05, 4.69) is 77.9 Å². The van der Waals surface area contributed by atoms with E-state index < -0.39 is 0 Å². The Labute approximate surface area is 147 Å². The second-order valence-corrected chi connectivity index (χ2v) is 8.74. The molecular weight excluding hydrogens is 296 g/mol. The van der Waals surface area contributed by atoms with Crippen LogP contribution in [0, 0.1) is 0 Å². The fourth-order valence-corrected chi connectivity index (χ4v) is 4.06. The molecule has 0 radical (unpaired) electrons.